The van der Waals surface area contributed by atoms with Crippen LogP contribution in [0.3, 0.4) is 0 Å². The van der Waals surface area contributed by atoms with Crippen LogP contribution in [0.15, 0.2) is 48.5 Å². The summed E-state index contributed by atoms with van der Waals surface area (Å²) in [5.41, 5.74) is 1.09. The van der Waals surface area contributed by atoms with Gasteiger partial charge < -0.3 is 25.4 Å². The largest absolute Gasteiger partial charge is 0.459 e. The summed E-state index contributed by atoms with van der Waals surface area (Å²) in [6.07, 6.45) is 0. The van der Waals surface area contributed by atoms with Gasteiger partial charge in [-0.2, -0.15) is 0 Å². The van der Waals surface area contributed by atoms with E-state index in [1.807, 2.05) is 0 Å². The monoisotopic (exact) mass is 427 g/mol. The highest BCUT2D eigenvalue weighted by Gasteiger charge is 2.17. The highest BCUT2D eigenvalue weighted by atomic mass is 16.5. The smallest absolute Gasteiger partial charge is 0.397 e. The van der Waals surface area contributed by atoms with Crippen LogP contribution in [0.2, 0.25) is 0 Å². The molecule has 162 valence electrons. The van der Waals surface area contributed by atoms with Gasteiger partial charge in [0.1, 0.15) is 0 Å². The van der Waals surface area contributed by atoms with E-state index in [1.54, 1.807) is 26.0 Å². The van der Waals surface area contributed by atoms with Gasteiger partial charge >= 0.3 is 23.8 Å². The maximum atomic E-state index is 12.5. The lowest BCUT2D eigenvalue weighted by molar-refractivity contribution is -0.152. The number of esters is 2. The highest BCUT2D eigenvalue weighted by molar-refractivity contribution is 6.37. The minimum atomic E-state index is -1.03. The van der Waals surface area contributed by atoms with Gasteiger partial charge in [-0.15, -0.1) is 0 Å². The third kappa shape index (κ3) is 6.96. The molecule has 0 aromatic heterocycles. The molecule has 10 heteroatoms. The Morgan fingerprint density at radius 1 is 0.677 bits per heavy atom. The van der Waals surface area contributed by atoms with Gasteiger partial charge in [-0.25, -0.2) is 9.59 Å². The summed E-state index contributed by atoms with van der Waals surface area (Å²) in [6.45, 7) is 3.29. The lowest BCUT2D eigenvalue weighted by atomic mass is 10.1. The first-order chi connectivity index (χ1) is 14.8. The van der Waals surface area contributed by atoms with E-state index in [4.69, 9.17) is 0 Å². The number of benzene rings is 2. The van der Waals surface area contributed by atoms with Gasteiger partial charge in [0.25, 0.3) is 5.91 Å². The van der Waals surface area contributed by atoms with Crippen LogP contribution in [0.1, 0.15) is 24.2 Å². The number of carbonyl (C=O) groups excluding carboxylic acids is 5. The van der Waals surface area contributed by atoms with Crippen molar-refractivity contribution in [2.24, 2.45) is 0 Å². The summed E-state index contributed by atoms with van der Waals surface area (Å²) in [5.74, 6) is -4.43. The van der Waals surface area contributed by atoms with E-state index in [2.05, 4.69) is 25.4 Å². The minimum absolute atomic E-state index is 0.0635. The lowest BCUT2D eigenvalue weighted by Gasteiger charge is -2.10. The number of nitrogens with one attached hydrogen (secondary N) is 3. The third-order valence-electron chi connectivity index (χ3n) is 3.68. The summed E-state index contributed by atoms with van der Waals surface area (Å²) < 4.78 is 9.23. The SMILES string of the molecule is CCOC(=O)C(=O)Nc1cccc(NC(=O)c2cccc(NC(=O)C(=O)OCC)c2)c1. The zero-order chi connectivity index (χ0) is 22.8. The Morgan fingerprint density at radius 3 is 1.65 bits per heavy atom. The van der Waals surface area contributed by atoms with E-state index in [9.17, 15) is 24.0 Å². The average molecular weight is 427 g/mol. The normalized spacial score (nSPS) is 9.87. The molecule has 0 heterocycles. The molecule has 2 aromatic rings. The van der Waals surface area contributed by atoms with Gasteiger partial charge in [0.05, 0.1) is 13.2 Å². The van der Waals surface area contributed by atoms with Gasteiger partial charge in [0, 0.05) is 22.6 Å². The van der Waals surface area contributed by atoms with Crippen molar-refractivity contribution in [3.05, 3.63) is 54.1 Å². The molecule has 3 amide bonds. The van der Waals surface area contributed by atoms with E-state index in [0.29, 0.717) is 5.69 Å². The molecule has 0 atom stereocenters. The van der Waals surface area contributed by atoms with Crippen LogP contribution in [0.25, 0.3) is 0 Å². The first kappa shape index (κ1) is 23.1. The molecule has 0 aliphatic heterocycles. The molecule has 0 aliphatic rings. The molecule has 0 aliphatic carbocycles. The van der Waals surface area contributed by atoms with Gasteiger partial charge in [0.2, 0.25) is 0 Å². The summed E-state index contributed by atoms with van der Waals surface area (Å²) in [4.78, 5) is 58.8. The van der Waals surface area contributed by atoms with E-state index in [0.717, 1.165) is 0 Å². The van der Waals surface area contributed by atoms with Crippen LogP contribution >= 0.6 is 0 Å². The van der Waals surface area contributed by atoms with Crippen LogP contribution < -0.4 is 16.0 Å². The Labute approximate surface area is 177 Å². The van der Waals surface area contributed by atoms with Crippen LogP contribution in [0, 0.1) is 0 Å². The number of amides is 3. The molecule has 0 fully saturated rings. The molecule has 0 unspecified atom stereocenters. The molecular formula is C21H21N3O7. The van der Waals surface area contributed by atoms with Crippen LogP contribution in [0.4, 0.5) is 17.1 Å². The maximum absolute atomic E-state index is 12.5. The predicted octanol–water partition coefficient (Wildman–Crippen LogP) is 1.94. The Bertz CT molecular complexity index is 1000. The Balaban J connectivity index is 2.05. The van der Waals surface area contributed by atoms with E-state index < -0.39 is 29.7 Å². The molecule has 10 nitrogen and oxygen atoms in total. The van der Waals surface area contributed by atoms with Crippen molar-refractivity contribution in [3.8, 4) is 0 Å². The number of ether oxygens (including phenoxy) is 2. The number of carbonyl (C=O) groups is 5. The Morgan fingerprint density at radius 2 is 1.13 bits per heavy atom. The fourth-order valence-corrected chi connectivity index (χ4v) is 2.37. The summed E-state index contributed by atoms with van der Waals surface area (Å²) in [5, 5.41) is 7.37. The summed E-state index contributed by atoms with van der Waals surface area (Å²) in [6, 6.07) is 12.1. The van der Waals surface area contributed by atoms with Crippen molar-refractivity contribution < 1.29 is 33.4 Å². The molecule has 31 heavy (non-hydrogen) atoms. The topological polar surface area (TPSA) is 140 Å². The number of rotatable bonds is 6. The zero-order valence-electron chi connectivity index (χ0n) is 16.9. The lowest BCUT2D eigenvalue weighted by Crippen LogP contribution is -2.25. The molecule has 0 bridgehead atoms. The molecule has 2 aromatic carbocycles. The molecule has 0 saturated carbocycles. The van der Waals surface area contributed by atoms with Crippen molar-refractivity contribution in [3.63, 3.8) is 0 Å². The van der Waals surface area contributed by atoms with Gasteiger partial charge in [-0.05, 0) is 50.2 Å². The van der Waals surface area contributed by atoms with Gasteiger partial charge in [0.15, 0.2) is 0 Å². The first-order valence-electron chi connectivity index (χ1n) is 9.31. The Hall–Kier alpha value is -4.21. The molecular weight excluding hydrogens is 406 g/mol. The van der Waals surface area contributed by atoms with E-state index in [-0.39, 0.29) is 30.2 Å². The quantitative estimate of drug-likeness (QED) is 0.473. The molecule has 0 spiro atoms. The van der Waals surface area contributed by atoms with E-state index in [1.165, 1.54) is 36.4 Å². The summed E-state index contributed by atoms with van der Waals surface area (Å²) >= 11 is 0. The van der Waals surface area contributed by atoms with Crippen molar-refractivity contribution in [2.75, 3.05) is 29.2 Å². The van der Waals surface area contributed by atoms with Crippen LogP contribution in [0.5, 0.6) is 0 Å². The standard InChI is InChI=1S/C21H21N3O7/c1-3-30-20(28)18(26)23-14-8-5-7-13(11-14)17(25)22-15-9-6-10-16(12-15)24-19(27)21(29)31-4-2/h5-12H,3-4H2,1-2H3,(H,22,25)(H,23,26)(H,24,27). The van der Waals surface area contributed by atoms with Crippen LogP contribution in [-0.4, -0.2) is 42.9 Å². The highest BCUT2D eigenvalue weighted by Crippen LogP contribution is 2.17. The first-order valence-corrected chi connectivity index (χ1v) is 9.31. The zero-order valence-corrected chi connectivity index (χ0v) is 16.9. The van der Waals surface area contributed by atoms with Crippen molar-refractivity contribution in [1.82, 2.24) is 0 Å². The fraction of sp³-hybridized carbons (Fsp3) is 0.190. The van der Waals surface area contributed by atoms with Crippen molar-refractivity contribution >= 4 is 46.7 Å². The molecule has 2 rings (SSSR count). The molecule has 3 N–H and O–H groups in total. The van der Waals surface area contributed by atoms with E-state index >= 15 is 0 Å². The Kier molecular flexibility index (Phi) is 8.26. The number of hydrogen-bond donors (Lipinski definition) is 3. The fourth-order valence-electron chi connectivity index (χ4n) is 2.37. The van der Waals surface area contributed by atoms with Gasteiger partial charge in [-0.3, -0.25) is 14.4 Å². The minimum Gasteiger partial charge on any atom is -0.459 e. The second-order valence-corrected chi connectivity index (χ2v) is 5.96. The molecule has 0 saturated heterocycles. The van der Waals surface area contributed by atoms with Crippen LogP contribution in [-0.2, 0) is 28.7 Å². The summed E-state index contributed by atoms with van der Waals surface area (Å²) in [7, 11) is 0. The molecule has 0 radical (unpaired) electrons. The maximum Gasteiger partial charge on any atom is 0.397 e. The van der Waals surface area contributed by atoms with Crippen molar-refractivity contribution in [2.45, 2.75) is 13.8 Å². The number of hydrogen-bond acceptors (Lipinski definition) is 7. The second-order valence-electron chi connectivity index (χ2n) is 5.96. The average Bonchev–Trinajstić information content (AvgIpc) is 2.74. The van der Waals surface area contributed by atoms with Crippen molar-refractivity contribution in [1.29, 1.82) is 0 Å². The van der Waals surface area contributed by atoms with Gasteiger partial charge in [-0.1, -0.05) is 12.1 Å². The number of anilines is 3. The predicted molar refractivity (Wildman–Crippen MR) is 111 cm³/mol. The second kappa shape index (κ2) is 11.1. The third-order valence-corrected chi connectivity index (χ3v) is 3.68.